The van der Waals surface area contributed by atoms with Crippen LogP contribution in [-0.2, 0) is 0 Å². The first-order valence-corrected chi connectivity index (χ1v) is 7.47. The van der Waals surface area contributed by atoms with Crippen LogP contribution in [0, 0.1) is 5.92 Å². The van der Waals surface area contributed by atoms with Crippen LogP contribution in [0.25, 0.3) is 0 Å². The SMILES string of the molecule is CCC1CCCN(c2cc(Br)ccc2/C(N)=N/O)C1. The Balaban J connectivity index is 2.34. The highest BCUT2D eigenvalue weighted by atomic mass is 79.9. The fourth-order valence-corrected chi connectivity index (χ4v) is 3.00. The lowest BCUT2D eigenvalue weighted by molar-refractivity contribution is 0.318. The van der Waals surface area contributed by atoms with Crippen molar-refractivity contribution < 1.29 is 5.21 Å². The number of hydrogen-bond acceptors (Lipinski definition) is 3. The molecule has 1 saturated heterocycles. The molecule has 2 rings (SSSR count). The van der Waals surface area contributed by atoms with Crippen LogP contribution in [0.2, 0.25) is 0 Å². The lowest BCUT2D eigenvalue weighted by Crippen LogP contribution is -2.36. The topological polar surface area (TPSA) is 61.8 Å². The third-order valence-corrected chi connectivity index (χ3v) is 4.27. The van der Waals surface area contributed by atoms with Gasteiger partial charge in [-0.1, -0.05) is 34.4 Å². The molecule has 0 bridgehead atoms. The van der Waals surface area contributed by atoms with Gasteiger partial charge in [-0.15, -0.1) is 0 Å². The number of oxime groups is 1. The third kappa shape index (κ3) is 3.21. The lowest BCUT2D eigenvalue weighted by atomic mass is 9.94. The van der Waals surface area contributed by atoms with E-state index in [1.54, 1.807) is 0 Å². The van der Waals surface area contributed by atoms with Crippen molar-refractivity contribution in [2.45, 2.75) is 26.2 Å². The molecule has 1 fully saturated rings. The zero-order chi connectivity index (χ0) is 13.8. The van der Waals surface area contributed by atoms with Crippen LogP contribution in [0.1, 0.15) is 31.7 Å². The summed E-state index contributed by atoms with van der Waals surface area (Å²) in [7, 11) is 0. The number of halogens is 1. The predicted octanol–water partition coefficient (Wildman–Crippen LogP) is 3.17. The first-order valence-electron chi connectivity index (χ1n) is 6.68. The van der Waals surface area contributed by atoms with Crippen molar-refractivity contribution in [3.8, 4) is 0 Å². The monoisotopic (exact) mass is 325 g/mol. The van der Waals surface area contributed by atoms with E-state index in [0.717, 1.165) is 34.7 Å². The standard InChI is InChI=1S/C14H20BrN3O/c1-2-10-4-3-7-18(9-10)13-8-11(15)5-6-12(13)14(16)17-19/h5-6,8,10,19H,2-4,7,9H2,1H3,(H2,16,17). The molecule has 1 aliphatic rings. The van der Waals surface area contributed by atoms with Crippen LogP contribution >= 0.6 is 15.9 Å². The number of nitrogens with zero attached hydrogens (tertiary/aromatic N) is 2. The predicted molar refractivity (Wildman–Crippen MR) is 81.9 cm³/mol. The van der Waals surface area contributed by atoms with Gasteiger partial charge < -0.3 is 15.8 Å². The Morgan fingerprint density at radius 3 is 3.05 bits per heavy atom. The molecule has 0 radical (unpaired) electrons. The molecular weight excluding hydrogens is 306 g/mol. The molecule has 5 heteroatoms. The summed E-state index contributed by atoms with van der Waals surface area (Å²) < 4.78 is 1.01. The average molecular weight is 326 g/mol. The molecule has 1 aromatic carbocycles. The zero-order valence-electron chi connectivity index (χ0n) is 11.1. The fourth-order valence-electron chi connectivity index (χ4n) is 2.65. The van der Waals surface area contributed by atoms with E-state index in [2.05, 4.69) is 32.9 Å². The van der Waals surface area contributed by atoms with Gasteiger partial charge in [0.15, 0.2) is 5.84 Å². The summed E-state index contributed by atoms with van der Waals surface area (Å²) in [6.07, 6.45) is 3.68. The molecule has 3 N–H and O–H groups in total. The van der Waals surface area contributed by atoms with E-state index in [1.807, 2.05) is 18.2 Å². The summed E-state index contributed by atoms with van der Waals surface area (Å²) in [6.45, 7) is 4.30. The van der Waals surface area contributed by atoms with Crippen LogP contribution in [0.3, 0.4) is 0 Å². The van der Waals surface area contributed by atoms with Gasteiger partial charge in [0.1, 0.15) is 0 Å². The summed E-state index contributed by atoms with van der Waals surface area (Å²) in [5.74, 6) is 0.897. The molecule has 19 heavy (non-hydrogen) atoms. The summed E-state index contributed by atoms with van der Waals surface area (Å²) in [6, 6.07) is 5.85. The number of nitrogens with two attached hydrogens (primary N) is 1. The van der Waals surface area contributed by atoms with Crippen molar-refractivity contribution in [2.24, 2.45) is 16.8 Å². The molecule has 1 atom stereocenters. The largest absolute Gasteiger partial charge is 0.409 e. The lowest BCUT2D eigenvalue weighted by Gasteiger charge is -2.35. The van der Waals surface area contributed by atoms with Crippen LogP contribution in [0.4, 0.5) is 5.69 Å². The second-order valence-electron chi connectivity index (χ2n) is 5.01. The van der Waals surface area contributed by atoms with Crippen molar-refractivity contribution in [3.05, 3.63) is 28.2 Å². The molecule has 4 nitrogen and oxygen atoms in total. The summed E-state index contributed by atoms with van der Waals surface area (Å²) in [4.78, 5) is 2.34. The van der Waals surface area contributed by atoms with Gasteiger partial charge in [-0.25, -0.2) is 0 Å². The minimum absolute atomic E-state index is 0.168. The fraction of sp³-hybridized carbons (Fsp3) is 0.500. The minimum atomic E-state index is 0.168. The molecule has 0 amide bonds. The van der Waals surface area contributed by atoms with Crippen molar-refractivity contribution in [3.63, 3.8) is 0 Å². The Morgan fingerprint density at radius 2 is 2.37 bits per heavy atom. The van der Waals surface area contributed by atoms with Crippen molar-refractivity contribution in [2.75, 3.05) is 18.0 Å². The molecule has 0 saturated carbocycles. The van der Waals surface area contributed by atoms with E-state index in [9.17, 15) is 0 Å². The molecular formula is C14H20BrN3O. The molecule has 1 unspecified atom stereocenters. The summed E-state index contributed by atoms with van der Waals surface area (Å²) >= 11 is 3.50. The second kappa shape index (κ2) is 6.28. The first-order chi connectivity index (χ1) is 9.15. The maximum absolute atomic E-state index is 8.91. The number of hydrogen-bond donors (Lipinski definition) is 2. The smallest absolute Gasteiger partial charge is 0.172 e. The van der Waals surface area contributed by atoms with Gasteiger partial charge in [-0.3, -0.25) is 0 Å². The van der Waals surface area contributed by atoms with E-state index in [0.29, 0.717) is 0 Å². The van der Waals surface area contributed by atoms with E-state index < -0.39 is 0 Å². The zero-order valence-corrected chi connectivity index (χ0v) is 12.7. The molecule has 1 aliphatic heterocycles. The van der Waals surface area contributed by atoms with E-state index in [1.165, 1.54) is 19.3 Å². The molecule has 1 aromatic rings. The number of benzene rings is 1. The minimum Gasteiger partial charge on any atom is -0.409 e. The highest BCUT2D eigenvalue weighted by Crippen LogP contribution is 2.30. The number of rotatable bonds is 3. The maximum atomic E-state index is 8.91. The number of amidine groups is 1. The van der Waals surface area contributed by atoms with Crippen LogP contribution in [-0.4, -0.2) is 24.1 Å². The van der Waals surface area contributed by atoms with Crippen molar-refractivity contribution in [1.82, 2.24) is 0 Å². The van der Waals surface area contributed by atoms with Gasteiger partial charge in [0.2, 0.25) is 0 Å². The van der Waals surface area contributed by atoms with Gasteiger partial charge in [0.25, 0.3) is 0 Å². The highest BCUT2D eigenvalue weighted by molar-refractivity contribution is 9.10. The van der Waals surface area contributed by atoms with Crippen molar-refractivity contribution in [1.29, 1.82) is 0 Å². The van der Waals surface area contributed by atoms with Gasteiger partial charge >= 0.3 is 0 Å². The average Bonchev–Trinajstić information content (AvgIpc) is 2.46. The normalized spacial score (nSPS) is 20.6. The number of piperidine rings is 1. The molecule has 0 aromatic heterocycles. The van der Waals surface area contributed by atoms with Crippen LogP contribution < -0.4 is 10.6 Å². The first kappa shape index (κ1) is 14.2. The Morgan fingerprint density at radius 1 is 1.58 bits per heavy atom. The molecule has 1 heterocycles. The summed E-state index contributed by atoms with van der Waals surface area (Å²) in [5.41, 5.74) is 7.62. The van der Waals surface area contributed by atoms with Crippen LogP contribution in [0.15, 0.2) is 27.8 Å². The number of anilines is 1. The van der Waals surface area contributed by atoms with Crippen molar-refractivity contribution >= 4 is 27.5 Å². The van der Waals surface area contributed by atoms with Gasteiger partial charge in [0.05, 0.1) is 0 Å². The Kier molecular flexibility index (Phi) is 4.69. The van der Waals surface area contributed by atoms with E-state index in [4.69, 9.17) is 10.9 Å². The van der Waals surface area contributed by atoms with Crippen LogP contribution in [0.5, 0.6) is 0 Å². The Labute approximate surface area is 122 Å². The Bertz CT molecular complexity index is 476. The Hall–Kier alpha value is -1.23. The van der Waals surface area contributed by atoms with E-state index in [-0.39, 0.29) is 5.84 Å². The molecule has 0 aliphatic carbocycles. The van der Waals surface area contributed by atoms with Gasteiger partial charge in [-0.05, 0) is 37.0 Å². The quantitative estimate of drug-likeness (QED) is 0.388. The van der Waals surface area contributed by atoms with Gasteiger partial charge in [-0.2, -0.15) is 0 Å². The highest BCUT2D eigenvalue weighted by Gasteiger charge is 2.21. The molecule has 0 spiro atoms. The third-order valence-electron chi connectivity index (χ3n) is 3.78. The maximum Gasteiger partial charge on any atom is 0.172 e. The summed E-state index contributed by atoms with van der Waals surface area (Å²) in [5, 5.41) is 12.0. The van der Waals surface area contributed by atoms with Gasteiger partial charge in [0, 0.05) is 28.8 Å². The van der Waals surface area contributed by atoms with E-state index >= 15 is 0 Å². The second-order valence-corrected chi connectivity index (χ2v) is 5.92. The molecule has 104 valence electrons.